The van der Waals surface area contributed by atoms with Crippen molar-refractivity contribution in [3.63, 3.8) is 0 Å². The Morgan fingerprint density at radius 2 is 1.60 bits per heavy atom. The van der Waals surface area contributed by atoms with Crippen molar-refractivity contribution in [2.45, 2.75) is 11.4 Å². The lowest BCUT2D eigenvalue weighted by atomic mass is 10.2. The molecule has 0 spiro atoms. The molecule has 0 heterocycles. The Bertz CT molecular complexity index is 715. The largest absolute Gasteiger partial charge is 0.240 e. The van der Waals surface area contributed by atoms with Crippen LogP contribution in [-0.4, -0.2) is 8.42 Å². The van der Waals surface area contributed by atoms with Crippen LogP contribution in [0.2, 0.25) is 15.1 Å². The van der Waals surface area contributed by atoms with Gasteiger partial charge in [-0.2, -0.15) is 0 Å². The summed E-state index contributed by atoms with van der Waals surface area (Å²) >= 11 is 17.6. The average molecular weight is 351 g/mol. The first kappa shape index (κ1) is 15.6. The van der Waals surface area contributed by atoms with Crippen LogP contribution in [0.4, 0.5) is 0 Å². The molecular weight excluding hydrogens is 341 g/mol. The van der Waals surface area contributed by atoms with E-state index in [0.29, 0.717) is 20.6 Å². The quantitative estimate of drug-likeness (QED) is 0.901. The molecule has 0 radical (unpaired) electrons. The van der Waals surface area contributed by atoms with E-state index in [4.69, 9.17) is 34.8 Å². The summed E-state index contributed by atoms with van der Waals surface area (Å²) in [6.45, 7) is 0.0599. The molecule has 0 fully saturated rings. The minimum absolute atomic E-state index is 0.0599. The zero-order valence-electron chi connectivity index (χ0n) is 10.1. The molecule has 0 atom stereocenters. The smallest absolute Gasteiger partial charge is 0.207 e. The van der Waals surface area contributed by atoms with Crippen molar-refractivity contribution in [1.29, 1.82) is 0 Å². The molecule has 20 heavy (non-hydrogen) atoms. The lowest BCUT2D eigenvalue weighted by Gasteiger charge is -2.09. The van der Waals surface area contributed by atoms with Crippen LogP contribution in [0.25, 0.3) is 0 Å². The van der Waals surface area contributed by atoms with Gasteiger partial charge in [-0.3, -0.25) is 0 Å². The summed E-state index contributed by atoms with van der Waals surface area (Å²) in [5.41, 5.74) is 0.608. The Hall–Kier alpha value is -0.780. The SMILES string of the molecule is O=S(=O)(NCc1cccc(Cl)c1Cl)c1ccc(Cl)cc1. The van der Waals surface area contributed by atoms with Gasteiger partial charge in [0.15, 0.2) is 0 Å². The highest BCUT2D eigenvalue weighted by atomic mass is 35.5. The summed E-state index contributed by atoms with van der Waals surface area (Å²) in [6.07, 6.45) is 0. The number of halogens is 3. The number of rotatable bonds is 4. The van der Waals surface area contributed by atoms with Gasteiger partial charge < -0.3 is 0 Å². The number of hydrogen-bond acceptors (Lipinski definition) is 2. The maximum atomic E-state index is 12.1. The number of sulfonamides is 1. The molecule has 3 nitrogen and oxygen atoms in total. The molecule has 0 aromatic heterocycles. The van der Waals surface area contributed by atoms with E-state index >= 15 is 0 Å². The molecular formula is C13H10Cl3NO2S. The second kappa shape index (κ2) is 6.33. The molecule has 0 unspecified atom stereocenters. The van der Waals surface area contributed by atoms with Crippen molar-refractivity contribution in [2.24, 2.45) is 0 Å². The van der Waals surface area contributed by atoms with Crippen LogP contribution in [0, 0.1) is 0 Å². The highest BCUT2D eigenvalue weighted by Gasteiger charge is 2.14. The second-order valence-electron chi connectivity index (χ2n) is 3.99. The van der Waals surface area contributed by atoms with Crippen LogP contribution >= 0.6 is 34.8 Å². The molecule has 0 saturated carbocycles. The Morgan fingerprint density at radius 3 is 2.25 bits per heavy atom. The van der Waals surface area contributed by atoms with Crippen LogP contribution in [0.5, 0.6) is 0 Å². The van der Waals surface area contributed by atoms with Crippen LogP contribution in [0.1, 0.15) is 5.56 Å². The predicted octanol–water partition coefficient (Wildman–Crippen LogP) is 4.13. The van der Waals surface area contributed by atoms with Crippen molar-refractivity contribution in [3.05, 3.63) is 63.1 Å². The van der Waals surface area contributed by atoms with Crippen molar-refractivity contribution in [2.75, 3.05) is 0 Å². The maximum Gasteiger partial charge on any atom is 0.240 e. The normalized spacial score (nSPS) is 11.6. The van der Waals surface area contributed by atoms with Gasteiger partial charge in [0.25, 0.3) is 0 Å². The lowest BCUT2D eigenvalue weighted by molar-refractivity contribution is 0.581. The first-order chi connectivity index (χ1) is 9.40. The van der Waals surface area contributed by atoms with E-state index in [0.717, 1.165) is 0 Å². The van der Waals surface area contributed by atoms with E-state index in [2.05, 4.69) is 4.72 Å². The molecule has 7 heteroatoms. The highest BCUT2D eigenvalue weighted by Crippen LogP contribution is 2.25. The maximum absolute atomic E-state index is 12.1. The van der Waals surface area contributed by atoms with Gasteiger partial charge >= 0.3 is 0 Å². The molecule has 106 valence electrons. The standard InChI is InChI=1S/C13H10Cl3NO2S/c14-10-4-6-11(7-5-10)20(18,19)17-8-9-2-1-3-12(15)13(9)16/h1-7,17H,8H2. The van der Waals surface area contributed by atoms with E-state index in [1.807, 2.05) is 0 Å². The number of nitrogens with one attached hydrogen (secondary N) is 1. The number of benzene rings is 2. The Balaban J connectivity index is 2.17. The van der Waals surface area contributed by atoms with Crippen LogP contribution in [0.3, 0.4) is 0 Å². The lowest BCUT2D eigenvalue weighted by Crippen LogP contribution is -2.23. The van der Waals surface area contributed by atoms with E-state index < -0.39 is 10.0 Å². The molecule has 0 saturated heterocycles. The van der Waals surface area contributed by atoms with Crippen molar-refractivity contribution < 1.29 is 8.42 Å². The molecule has 0 aliphatic heterocycles. The zero-order valence-corrected chi connectivity index (χ0v) is 13.2. The molecule has 2 aromatic rings. The van der Waals surface area contributed by atoms with Crippen LogP contribution in [0.15, 0.2) is 47.4 Å². The molecule has 0 bridgehead atoms. The Kier molecular flexibility index (Phi) is 4.94. The third kappa shape index (κ3) is 3.65. The second-order valence-corrected chi connectivity index (χ2v) is 6.98. The summed E-state index contributed by atoms with van der Waals surface area (Å²) in [6, 6.07) is 11.0. The summed E-state index contributed by atoms with van der Waals surface area (Å²) in [4.78, 5) is 0.139. The van der Waals surface area contributed by atoms with Crippen LogP contribution < -0.4 is 4.72 Å². The fraction of sp³-hybridized carbons (Fsp3) is 0.0769. The van der Waals surface area contributed by atoms with E-state index in [9.17, 15) is 8.42 Å². The average Bonchev–Trinajstić information content (AvgIpc) is 2.41. The summed E-state index contributed by atoms with van der Waals surface area (Å²) in [7, 11) is -3.62. The van der Waals surface area contributed by atoms with Gasteiger partial charge in [0.05, 0.1) is 14.9 Å². The van der Waals surface area contributed by atoms with Gasteiger partial charge in [-0.25, -0.2) is 13.1 Å². The molecule has 2 aromatic carbocycles. The first-order valence-electron chi connectivity index (χ1n) is 5.58. The van der Waals surface area contributed by atoms with Gasteiger partial charge in [0.2, 0.25) is 10.0 Å². The van der Waals surface area contributed by atoms with Crippen molar-refractivity contribution in [3.8, 4) is 0 Å². The summed E-state index contributed by atoms with van der Waals surface area (Å²) < 4.78 is 26.6. The summed E-state index contributed by atoms with van der Waals surface area (Å²) in [5, 5.41) is 1.20. The molecule has 2 rings (SSSR count). The fourth-order valence-corrected chi connectivity index (χ4v) is 3.07. The van der Waals surface area contributed by atoms with Gasteiger partial charge in [-0.15, -0.1) is 0 Å². The van der Waals surface area contributed by atoms with Crippen molar-refractivity contribution >= 4 is 44.8 Å². The number of hydrogen-bond donors (Lipinski definition) is 1. The topological polar surface area (TPSA) is 46.2 Å². The van der Waals surface area contributed by atoms with Gasteiger partial charge in [0, 0.05) is 11.6 Å². The third-order valence-electron chi connectivity index (χ3n) is 2.61. The molecule has 1 N–H and O–H groups in total. The zero-order chi connectivity index (χ0) is 14.8. The molecule has 0 amide bonds. The summed E-state index contributed by atoms with van der Waals surface area (Å²) in [5.74, 6) is 0. The molecule has 0 aliphatic carbocycles. The Morgan fingerprint density at radius 1 is 0.950 bits per heavy atom. The van der Waals surface area contributed by atoms with E-state index in [1.54, 1.807) is 18.2 Å². The van der Waals surface area contributed by atoms with Crippen molar-refractivity contribution in [1.82, 2.24) is 4.72 Å². The molecule has 0 aliphatic rings. The minimum Gasteiger partial charge on any atom is -0.207 e. The Labute approximate surface area is 132 Å². The van der Waals surface area contributed by atoms with Gasteiger partial charge in [0.1, 0.15) is 0 Å². The van der Waals surface area contributed by atoms with Gasteiger partial charge in [-0.05, 0) is 35.9 Å². The van der Waals surface area contributed by atoms with E-state index in [-0.39, 0.29) is 11.4 Å². The highest BCUT2D eigenvalue weighted by molar-refractivity contribution is 7.89. The van der Waals surface area contributed by atoms with Gasteiger partial charge in [-0.1, -0.05) is 46.9 Å². The third-order valence-corrected chi connectivity index (χ3v) is 5.14. The monoisotopic (exact) mass is 349 g/mol. The fourth-order valence-electron chi connectivity index (χ4n) is 1.55. The van der Waals surface area contributed by atoms with Crippen LogP contribution in [-0.2, 0) is 16.6 Å². The minimum atomic E-state index is -3.62. The predicted molar refractivity (Wildman–Crippen MR) is 81.9 cm³/mol. The van der Waals surface area contributed by atoms with E-state index in [1.165, 1.54) is 24.3 Å². The first-order valence-corrected chi connectivity index (χ1v) is 8.20.